The molecule has 30 heteroatoms. The number of benzene rings is 6. The molecule has 18 nitrogen and oxygen atoms in total. The molecule has 0 bridgehead atoms. The van der Waals surface area contributed by atoms with E-state index in [4.69, 9.17) is 45.2 Å². The lowest BCUT2D eigenvalue weighted by Gasteiger charge is -2.18. The van der Waals surface area contributed by atoms with Gasteiger partial charge in [0.05, 0.1) is 82.6 Å². The summed E-state index contributed by atoms with van der Waals surface area (Å²) in [6.45, 7) is 9.54. The Hall–Kier alpha value is -5.64. The minimum atomic E-state index is -4.98. The van der Waals surface area contributed by atoms with Crippen LogP contribution in [0.2, 0.25) is 0 Å². The van der Waals surface area contributed by atoms with E-state index in [-0.39, 0.29) is 61.2 Å². The Kier molecular flexibility index (Phi) is 25.9. The van der Waals surface area contributed by atoms with Gasteiger partial charge < -0.3 is 28.4 Å². The Labute approximate surface area is 505 Å². The number of unbranched alkanes of at least 4 members (excludes halogenated alkanes) is 4. The van der Waals surface area contributed by atoms with Crippen molar-refractivity contribution in [2.75, 3.05) is 66.1 Å². The average molecular weight is 1330 g/mol. The van der Waals surface area contributed by atoms with Crippen molar-refractivity contribution in [2.45, 2.75) is 125 Å². The molecule has 0 amide bonds. The number of rotatable bonds is 37. The van der Waals surface area contributed by atoms with E-state index in [1.165, 1.54) is 13.8 Å². The van der Waals surface area contributed by atoms with E-state index < -0.39 is 166 Å². The summed E-state index contributed by atoms with van der Waals surface area (Å²) in [7, 11) is -19.2. The van der Waals surface area contributed by atoms with Crippen molar-refractivity contribution >= 4 is 62.0 Å². The van der Waals surface area contributed by atoms with Crippen molar-refractivity contribution < 1.29 is 114 Å². The SMILES string of the molecule is CCCCOCCOS(=O)(=O)c1ccc2c(Oc3c(F)c(F)c(-c4c(F)c(F)c(Oc5cc(S(=O)(=O)OC(C)COCCCC)cc6cc(S(=O)(=O)OC(C)COCCCC)ccc56)c(F)c4F)c(F)c3F)cc(S(=O)(=O)OCCOCCCC)cc2c1. The van der Waals surface area contributed by atoms with E-state index in [9.17, 15) is 33.7 Å². The summed E-state index contributed by atoms with van der Waals surface area (Å²) in [6.07, 6.45) is 3.43. The smallest absolute Gasteiger partial charge is 0.297 e. The van der Waals surface area contributed by atoms with Gasteiger partial charge in [0, 0.05) is 49.3 Å². The van der Waals surface area contributed by atoms with Crippen LogP contribution in [0.25, 0.3) is 32.7 Å². The molecule has 2 unspecified atom stereocenters. The molecule has 0 aromatic heterocycles. The Morgan fingerprint density at radius 1 is 0.364 bits per heavy atom. The zero-order chi connectivity index (χ0) is 64.7. The summed E-state index contributed by atoms with van der Waals surface area (Å²) >= 11 is 0. The number of fused-ring (bicyclic) bond motifs is 2. The Bertz CT molecular complexity index is 3830. The van der Waals surface area contributed by atoms with Gasteiger partial charge in [-0.3, -0.25) is 16.7 Å². The predicted octanol–water partition coefficient (Wildman–Crippen LogP) is 13.2. The van der Waals surface area contributed by atoms with Crippen molar-refractivity contribution in [3.8, 4) is 34.1 Å². The first-order valence-corrected chi connectivity index (χ1v) is 33.5. The van der Waals surface area contributed by atoms with Gasteiger partial charge in [-0.15, -0.1) is 0 Å². The lowest BCUT2D eigenvalue weighted by atomic mass is 10.0. The highest BCUT2D eigenvalue weighted by molar-refractivity contribution is 7.87. The van der Waals surface area contributed by atoms with Crippen LogP contribution in [0.15, 0.2) is 80.2 Å². The highest BCUT2D eigenvalue weighted by atomic mass is 32.2. The first-order chi connectivity index (χ1) is 41.6. The van der Waals surface area contributed by atoms with Crippen molar-refractivity contribution in [1.29, 1.82) is 0 Å². The molecule has 0 aliphatic rings. The van der Waals surface area contributed by atoms with E-state index >= 15 is 35.1 Å². The maximum absolute atomic E-state index is 16.4. The van der Waals surface area contributed by atoms with Crippen LogP contribution in [-0.2, 0) is 76.2 Å². The molecule has 0 aliphatic carbocycles. The van der Waals surface area contributed by atoms with Crippen LogP contribution in [-0.4, -0.2) is 112 Å². The van der Waals surface area contributed by atoms with Gasteiger partial charge in [-0.25, -0.2) is 17.6 Å². The third-order valence-corrected chi connectivity index (χ3v) is 18.2. The second kappa shape index (κ2) is 31.9. The monoisotopic (exact) mass is 1330 g/mol. The van der Waals surface area contributed by atoms with Crippen LogP contribution < -0.4 is 9.47 Å². The minimum absolute atomic E-state index is 0.138. The van der Waals surface area contributed by atoms with Crippen molar-refractivity contribution in [1.82, 2.24) is 0 Å². The standard InChI is InChI=1S/C58H66F8O18S4/c1-7-11-19-75-23-25-79-85(67,68)39-15-17-43-37(27-39)29-41(86(69,70)80-26-24-76-20-12-8-2)31-45(43)81-57-53(63)49(59)47(50(60)54(57)64)48-51(61)55(65)58(56(66)52(48)62)82-46-32-42(88(73,74)84-36(6)34-78-22-14-10-4)30-38-28-40(16-18-44(38)46)87(71,72)83-35(5)33-77-21-13-9-3/h15-18,27-32,35-36H,7-14,19-26,33-34H2,1-6H3. The molecule has 0 radical (unpaired) electrons. The number of hydrogen-bond donors (Lipinski definition) is 0. The zero-order valence-corrected chi connectivity index (χ0v) is 51.9. The zero-order valence-electron chi connectivity index (χ0n) is 48.7. The van der Waals surface area contributed by atoms with Gasteiger partial charge in [0.15, 0.2) is 23.3 Å². The van der Waals surface area contributed by atoms with E-state index in [1.807, 2.05) is 27.7 Å². The van der Waals surface area contributed by atoms with Crippen LogP contribution in [0.3, 0.4) is 0 Å². The summed E-state index contributed by atoms with van der Waals surface area (Å²) in [5.74, 6) is -27.4. The van der Waals surface area contributed by atoms with Crippen molar-refractivity contribution in [3.63, 3.8) is 0 Å². The summed E-state index contributed by atoms with van der Waals surface area (Å²) in [5, 5.41) is -1.50. The topological polar surface area (TPSA) is 229 Å². The van der Waals surface area contributed by atoms with Crippen LogP contribution in [0.4, 0.5) is 35.1 Å². The van der Waals surface area contributed by atoms with Crippen LogP contribution in [0.1, 0.15) is 92.9 Å². The van der Waals surface area contributed by atoms with Gasteiger partial charge >= 0.3 is 0 Å². The molecular weight excluding hydrogens is 1260 g/mol. The predicted molar refractivity (Wildman–Crippen MR) is 304 cm³/mol. The Morgan fingerprint density at radius 3 is 1.03 bits per heavy atom. The summed E-state index contributed by atoms with van der Waals surface area (Å²) in [4.78, 5) is -2.93. The third-order valence-electron chi connectivity index (χ3n) is 12.8. The molecule has 0 N–H and O–H groups in total. The van der Waals surface area contributed by atoms with Crippen molar-refractivity contribution in [3.05, 3.63) is 107 Å². The normalized spacial score (nSPS) is 13.2. The molecule has 0 saturated carbocycles. The maximum Gasteiger partial charge on any atom is 0.297 e. The van der Waals surface area contributed by atoms with Gasteiger partial charge in [0.2, 0.25) is 34.8 Å². The lowest BCUT2D eigenvalue weighted by Crippen LogP contribution is -2.21. The summed E-state index contributed by atoms with van der Waals surface area (Å²) < 4.78 is 291. The van der Waals surface area contributed by atoms with E-state index in [1.54, 1.807) is 0 Å². The van der Waals surface area contributed by atoms with Crippen LogP contribution in [0.5, 0.6) is 23.0 Å². The summed E-state index contributed by atoms with van der Waals surface area (Å²) in [6, 6.07) is 8.31. The summed E-state index contributed by atoms with van der Waals surface area (Å²) in [5.41, 5.74) is -4.77. The maximum atomic E-state index is 16.4. The molecule has 0 saturated heterocycles. The fourth-order valence-electron chi connectivity index (χ4n) is 8.23. The number of halogens is 8. The van der Waals surface area contributed by atoms with E-state index in [0.29, 0.717) is 51.0 Å². The molecule has 0 aliphatic heterocycles. The first kappa shape index (κ1) is 71.4. The van der Waals surface area contributed by atoms with Gasteiger partial charge in [-0.2, -0.15) is 51.2 Å². The Morgan fingerprint density at radius 2 is 0.670 bits per heavy atom. The number of hydrogen-bond acceptors (Lipinski definition) is 18. The molecule has 6 aromatic rings. The quantitative estimate of drug-likeness (QED) is 0.0153. The lowest BCUT2D eigenvalue weighted by molar-refractivity contribution is 0.0602. The second-order valence-electron chi connectivity index (χ2n) is 19.8. The van der Waals surface area contributed by atoms with E-state index in [2.05, 4.69) is 0 Å². The molecule has 6 aromatic carbocycles. The molecule has 0 heterocycles. The van der Waals surface area contributed by atoms with Crippen molar-refractivity contribution in [2.24, 2.45) is 0 Å². The molecule has 486 valence electrons. The Balaban J connectivity index is 1.42. The average Bonchev–Trinajstić information content (AvgIpc) is 1.61. The van der Waals surface area contributed by atoms with Crippen LogP contribution in [0, 0.1) is 46.5 Å². The molecule has 6 rings (SSSR count). The molecule has 88 heavy (non-hydrogen) atoms. The fraction of sp³-hybridized carbons (Fsp3) is 0.448. The first-order valence-electron chi connectivity index (χ1n) is 27.8. The molecule has 0 fully saturated rings. The number of ether oxygens (including phenoxy) is 6. The van der Waals surface area contributed by atoms with Gasteiger partial charge in [0.1, 0.15) is 11.5 Å². The van der Waals surface area contributed by atoms with Gasteiger partial charge in [0.25, 0.3) is 40.5 Å². The van der Waals surface area contributed by atoms with Gasteiger partial charge in [-0.05, 0) is 98.8 Å². The highest BCUT2D eigenvalue weighted by Crippen LogP contribution is 2.46. The second-order valence-corrected chi connectivity index (χ2v) is 26.2. The van der Waals surface area contributed by atoms with E-state index in [0.717, 1.165) is 74.2 Å². The largest absolute Gasteiger partial charge is 0.450 e. The molecule has 2 atom stereocenters. The third kappa shape index (κ3) is 17.9. The van der Waals surface area contributed by atoms with Gasteiger partial charge in [-0.1, -0.05) is 53.4 Å². The molecule has 0 spiro atoms. The van der Waals surface area contributed by atoms with Crippen LogP contribution >= 0.6 is 0 Å². The highest BCUT2D eigenvalue weighted by Gasteiger charge is 2.37. The fourth-order valence-corrected chi connectivity index (χ4v) is 12.3. The minimum Gasteiger partial charge on any atom is -0.450 e. The molecular formula is C58H66F8O18S4.